The van der Waals surface area contributed by atoms with Crippen LogP contribution in [0.15, 0.2) is 36.5 Å². The molecule has 1 heterocycles. The molecule has 4 heteroatoms. The zero-order valence-electron chi connectivity index (χ0n) is 10.2. The predicted octanol–water partition coefficient (Wildman–Crippen LogP) is 3.32. The van der Waals surface area contributed by atoms with Gasteiger partial charge in [-0.15, -0.1) is 0 Å². The van der Waals surface area contributed by atoms with Crippen molar-refractivity contribution < 1.29 is 9.47 Å². The van der Waals surface area contributed by atoms with Crippen LogP contribution in [-0.2, 0) is 0 Å². The Morgan fingerprint density at radius 1 is 1.06 bits per heavy atom. The molecule has 0 saturated carbocycles. The highest BCUT2D eigenvalue weighted by Gasteiger charge is 2.07. The SMILES string of the molecule is [C-]#[N+]c1ccc(-c2cnc(OC)c(OC)c2)cc1. The van der Waals surface area contributed by atoms with E-state index in [9.17, 15) is 0 Å². The normalized spacial score (nSPS) is 9.61. The fraction of sp³-hybridized carbons (Fsp3) is 0.143. The molecule has 1 aromatic carbocycles. The fourth-order valence-electron chi connectivity index (χ4n) is 1.62. The van der Waals surface area contributed by atoms with Gasteiger partial charge < -0.3 is 9.47 Å². The Hall–Kier alpha value is -2.54. The lowest BCUT2D eigenvalue weighted by molar-refractivity contribution is 0.343. The van der Waals surface area contributed by atoms with Crippen LogP contribution < -0.4 is 9.47 Å². The smallest absolute Gasteiger partial charge is 0.256 e. The molecule has 0 saturated heterocycles. The van der Waals surface area contributed by atoms with Crippen molar-refractivity contribution in [1.29, 1.82) is 0 Å². The Morgan fingerprint density at radius 2 is 1.78 bits per heavy atom. The van der Waals surface area contributed by atoms with Gasteiger partial charge in [-0.1, -0.05) is 24.3 Å². The second-order valence-corrected chi connectivity index (χ2v) is 3.59. The molecule has 0 N–H and O–H groups in total. The molecule has 2 rings (SSSR count). The van der Waals surface area contributed by atoms with Gasteiger partial charge in [0.05, 0.1) is 20.8 Å². The van der Waals surface area contributed by atoms with E-state index in [4.69, 9.17) is 16.0 Å². The molecule has 0 spiro atoms. The number of hydrogen-bond acceptors (Lipinski definition) is 3. The summed E-state index contributed by atoms with van der Waals surface area (Å²) in [5.41, 5.74) is 2.52. The van der Waals surface area contributed by atoms with Gasteiger partial charge in [0.2, 0.25) is 0 Å². The van der Waals surface area contributed by atoms with Crippen molar-refractivity contribution in [3.05, 3.63) is 47.9 Å². The first kappa shape index (κ1) is 11.9. The molecule has 18 heavy (non-hydrogen) atoms. The van der Waals surface area contributed by atoms with Crippen molar-refractivity contribution in [2.75, 3.05) is 14.2 Å². The van der Waals surface area contributed by atoms with Crippen LogP contribution >= 0.6 is 0 Å². The first-order valence-corrected chi connectivity index (χ1v) is 5.34. The quantitative estimate of drug-likeness (QED) is 0.772. The van der Waals surface area contributed by atoms with Gasteiger partial charge in [0, 0.05) is 11.8 Å². The zero-order chi connectivity index (χ0) is 13.0. The number of nitrogens with zero attached hydrogens (tertiary/aromatic N) is 2. The molecule has 4 nitrogen and oxygen atoms in total. The minimum absolute atomic E-state index is 0.457. The summed E-state index contributed by atoms with van der Waals surface area (Å²) >= 11 is 0. The van der Waals surface area contributed by atoms with Crippen molar-refractivity contribution in [2.45, 2.75) is 0 Å². The van der Waals surface area contributed by atoms with Gasteiger partial charge in [0.25, 0.3) is 5.88 Å². The highest BCUT2D eigenvalue weighted by atomic mass is 16.5. The molecule has 0 atom stereocenters. The second-order valence-electron chi connectivity index (χ2n) is 3.59. The molecule has 0 amide bonds. The molecule has 0 aliphatic carbocycles. The molecule has 1 aromatic heterocycles. The second kappa shape index (κ2) is 5.19. The van der Waals surface area contributed by atoms with Crippen LogP contribution in [0, 0.1) is 6.57 Å². The average molecular weight is 240 g/mol. The van der Waals surface area contributed by atoms with E-state index in [0.29, 0.717) is 17.3 Å². The summed E-state index contributed by atoms with van der Waals surface area (Å²) in [5.74, 6) is 1.04. The van der Waals surface area contributed by atoms with E-state index < -0.39 is 0 Å². The molecule has 0 fully saturated rings. The Labute approximate surface area is 106 Å². The number of methoxy groups -OCH3 is 2. The van der Waals surface area contributed by atoms with E-state index in [1.165, 1.54) is 0 Å². The van der Waals surface area contributed by atoms with Crippen LogP contribution in [0.25, 0.3) is 16.0 Å². The summed E-state index contributed by atoms with van der Waals surface area (Å²) in [5, 5.41) is 0. The van der Waals surface area contributed by atoms with Crippen molar-refractivity contribution >= 4 is 5.69 Å². The Balaban J connectivity index is 2.41. The molecule has 2 aromatic rings. The first-order valence-electron chi connectivity index (χ1n) is 5.34. The fourth-order valence-corrected chi connectivity index (χ4v) is 1.62. The van der Waals surface area contributed by atoms with Crippen LogP contribution in [0.1, 0.15) is 0 Å². The van der Waals surface area contributed by atoms with Crippen LogP contribution in [0.2, 0.25) is 0 Å². The minimum Gasteiger partial charge on any atom is -0.491 e. The summed E-state index contributed by atoms with van der Waals surface area (Å²) in [6, 6.07) is 9.18. The molecule has 0 bridgehead atoms. The Bertz CT molecular complexity index is 586. The summed E-state index contributed by atoms with van der Waals surface area (Å²) in [4.78, 5) is 7.54. The van der Waals surface area contributed by atoms with Gasteiger partial charge >= 0.3 is 0 Å². The first-order chi connectivity index (χ1) is 8.78. The molecular formula is C14H12N2O2. The lowest BCUT2D eigenvalue weighted by Gasteiger charge is -2.08. The van der Waals surface area contributed by atoms with Gasteiger partial charge in [-0.25, -0.2) is 9.83 Å². The van der Waals surface area contributed by atoms with Crippen molar-refractivity contribution in [3.63, 3.8) is 0 Å². The number of ether oxygens (including phenoxy) is 2. The number of benzene rings is 1. The van der Waals surface area contributed by atoms with Crippen LogP contribution in [0.4, 0.5) is 5.69 Å². The van der Waals surface area contributed by atoms with Gasteiger partial charge in [0.1, 0.15) is 0 Å². The van der Waals surface area contributed by atoms with E-state index in [2.05, 4.69) is 9.83 Å². The van der Waals surface area contributed by atoms with E-state index in [-0.39, 0.29) is 0 Å². The maximum absolute atomic E-state index is 6.91. The van der Waals surface area contributed by atoms with Crippen molar-refractivity contribution in [2.24, 2.45) is 0 Å². The number of hydrogen-bond donors (Lipinski definition) is 0. The maximum Gasteiger partial charge on any atom is 0.256 e. The van der Waals surface area contributed by atoms with Crippen molar-refractivity contribution in [3.8, 4) is 22.8 Å². The highest BCUT2D eigenvalue weighted by Crippen LogP contribution is 2.30. The number of pyridine rings is 1. The van der Waals surface area contributed by atoms with E-state index in [1.807, 2.05) is 18.2 Å². The number of aromatic nitrogens is 1. The minimum atomic E-state index is 0.457. The molecule has 0 radical (unpaired) electrons. The summed E-state index contributed by atoms with van der Waals surface area (Å²) < 4.78 is 10.3. The summed E-state index contributed by atoms with van der Waals surface area (Å²) in [6.45, 7) is 6.91. The molecular weight excluding hydrogens is 228 g/mol. The van der Waals surface area contributed by atoms with E-state index in [1.54, 1.807) is 32.5 Å². The van der Waals surface area contributed by atoms with Gasteiger partial charge in [-0.2, -0.15) is 0 Å². The van der Waals surface area contributed by atoms with E-state index in [0.717, 1.165) is 11.1 Å². The van der Waals surface area contributed by atoms with Gasteiger partial charge in [-0.3, -0.25) is 0 Å². The Morgan fingerprint density at radius 3 is 2.33 bits per heavy atom. The standard InChI is InChI=1S/C14H12N2O2/c1-15-12-6-4-10(5-7-12)11-8-13(17-2)14(18-3)16-9-11/h4-9H,2-3H3. The van der Waals surface area contributed by atoms with Gasteiger partial charge in [0.15, 0.2) is 11.4 Å². The lowest BCUT2D eigenvalue weighted by atomic mass is 10.1. The highest BCUT2D eigenvalue weighted by molar-refractivity contribution is 5.67. The lowest BCUT2D eigenvalue weighted by Crippen LogP contribution is -1.93. The summed E-state index contributed by atoms with van der Waals surface area (Å²) in [7, 11) is 3.13. The van der Waals surface area contributed by atoms with Crippen LogP contribution in [-0.4, -0.2) is 19.2 Å². The molecule has 0 aliphatic rings. The summed E-state index contributed by atoms with van der Waals surface area (Å²) in [6.07, 6.45) is 1.72. The zero-order valence-corrected chi connectivity index (χ0v) is 10.2. The largest absolute Gasteiger partial charge is 0.491 e. The van der Waals surface area contributed by atoms with Crippen molar-refractivity contribution in [1.82, 2.24) is 4.98 Å². The van der Waals surface area contributed by atoms with Crippen LogP contribution in [0.3, 0.4) is 0 Å². The third-order valence-corrected chi connectivity index (χ3v) is 2.56. The van der Waals surface area contributed by atoms with E-state index >= 15 is 0 Å². The molecule has 0 unspecified atom stereocenters. The average Bonchev–Trinajstić information content (AvgIpc) is 2.46. The third-order valence-electron chi connectivity index (χ3n) is 2.56. The van der Waals surface area contributed by atoms with Crippen LogP contribution in [0.5, 0.6) is 11.6 Å². The topological polar surface area (TPSA) is 35.7 Å². The number of rotatable bonds is 3. The maximum atomic E-state index is 6.91. The van der Waals surface area contributed by atoms with Gasteiger partial charge in [-0.05, 0) is 11.6 Å². The Kier molecular flexibility index (Phi) is 3.44. The molecule has 0 aliphatic heterocycles. The monoisotopic (exact) mass is 240 g/mol. The molecule has 90 valence electrons. The third kappa shape index (κ3) is 2.25. The predicted molar refractivity (Wildman–Crippen MR) is 69.0 cm³/mol.